The van der Waals surface area contributed by atoms with Crippen molar-refractivity contribution in [3.05, 3.63) is 29.2 Å². The fourth-order valence-corrected chi connectivity index (χ4v) is 3.06. The average molecular weight is 263 g/mol. The number of thiophene rings is 1. The van der Waals surface area contributed by atoms with E-state index >= 15 is 0 Å². The third kappa shape index (κ3) is 1.72. The second-order valence-corrected chi connectivity index (χ2v) is 5.22. The number of fused-ring (bicyclic) bond motifs is 1. The predicted molar refractivity (Wildman–Crippen MR) is 70.5 cm³/mol. The van der Waals surface area contributed by atoms with Gasteiger partial charge in [-0.2, -0.15) is 0 Å². The van der Waals surface area contributed by atoms with Gasteiger partial charge in [0.05, 0.1) is 17.2 Å². The molecule has 0 spiro atoms. The molecule has 3 rings (SSSR count). The third-order valence-electron chi connectivity index (χ3n) is 3.03. The molecule has 7 heteroatoms. The van der Waals surface area contributed by atoms with Gasteiger partial charge in [0.2, 0.25) is 0 Å². The minimum atomic E-state index is -0.470. The van der Waals surface area contributed by atoms with Gasteiger partial charge in [-0.25, -0.2) is 4.98 Å². The van der Waals surface area contributed by atoms with E-state index in [1.807, 2.05) is 12.3 Å². The van der Waals surface area contributed by atoms with Gasteiger partial charge in [0.15, 0.2) is 0 Å². The molecular weight excluding hydrogens is 250 g/mol. The molecule has 1 amide bonds. The largest absolute Gasteiger partial charge is 0.397 e. The Morgan fingerprint density at radius 3 is 3.00 bits per heavy atom. The lowest BCUT2D eigenvalue weighted by Gasteiger charge is -2.28. The van der Waals surface area contributed by atoms with Crippen molar-refractivity contribution in [2.24, 2.45) is 5.73 Å². The maximum Gasteiger partial charge on any atom is 0.260 e. The van der Waals surface area contributed by atoms with Crippen LogP contribution in [0.1, 0.15) is 15.5 Å². The molecule has 0 unspecified atom stereocenters. The molecule has 0 saturated heterocycles. The van der Waals surface area contributed by atoms with Gasteiger partial charge in [-0.1, -0.05) is 0 Å². The highest BCUT2D eigenvalue weighted by Gasteiger charge is 2.20. The van der Waals surface area contributed by atoms with Gasteiger partial charge >= 0.3 is 0 Å². The van der Waals surface area contributed by atoms with E-state index in [0.717, 1.165) is 30.5 Å². The monoisotopic (exact) mass is 263 g/mol. The second kappa shape index (κ2) is 4.02. The SMILES string of the molecule is NC(=O)c1sc(N2CCn3ccnc3C2)cc1N. The normalized spacial score (nSPS) is 14.6. The number of nitrogens with zero attached hydrogens (tertiary/aromatic N) is 3. The van der Waals surface area contributed by atoms with Gasteiger partial charge in [-0.3, -0.25) is 4.79 Å². The molecular formula is C11H13N5OS. The van der Waals surface area contributed by atoms with Crippen LogP contribution in [0.25, 0.3) is 0 Å². The number of anilines is 2. The number of amides is 1. The number of carbonyl (C=O) groups is 1. The van der Waals surface area contributed by atoms with Crippen LogP contribution in [0.15, 0.2) is 18.5 Å². The summed E-state index contributed by atoms with van der Waals surface area (Å²) >= 11 is 1.34. The number of hydrogen-bond acceptors (Lipinski definition) is 5. The number of hydrogen-bond donors (Lipinski definition) is 2. The topological polar surface area (TPSA) is 90.2 Å². The molecule has 0 saturated carbocycles. The van der Waals surface area contributed by atoms with Gasteiger partial charge in [0.1, 0.15) is 10.7 Å². The van der Waals surface area contributed by atoms with Gasteiger partial charge in [-0.05, 0) is 6.07 Å². The van der Waals surface area contributed by atoms with Crippen molar-refractivity contribution in [1.29, 1.82) is 0 Å². The Balaban J connectivity index is 1.89. The van der Waals surface area contributed by atoms with Gasteiger partial charge in [0, 0.05) is 25.5 Å². The Kier molecular flexibility index (Phi) is 2.48. The quantitative estimate of drug-likeness (QED) is 0.832. The molecule has 3 heterocycles. The van der Waals surface area contributed by atoms with Crippen LogP contribution in [0.2, 0.25) is 0 Å². The molecule has 6 nitrogen and oxygen atoms in total. The van der Waals surface area contributed by atoms with Crippen molar-refractivity contribution in [3.63, 3.8) is 0 Å². The minimum absolute atomic E-state index is 0.430. The fourth-order valence-electron chi connectivity index (χ4n) is 2.10. The van der Waals surface area contributed by atoms with Crippen molar-refractivity contribution in [1.82, 2.24) is 9.55 Å². The zero-order chi connectivity index (χ0) is 12.7. The first-order valence-electron chi connectivity index (χ1n) is 5.59. The van der Waals surface area contributed by atoms with E-state index in [1.165, 1.54) is 11.3 Å². The van der Waals surface area contributed by atoms with E-state index in [1.54, 1.807) is 6.20 Å². The molecule has 0 aromatic carbocycles. The van der Waals surface area contributed by atoms with Crippen LogP contribution < -0.4 is 16.4 Å². The summed E-state index contributed by atoms with van der Waals surface area (Å²) in [7, 11) is 0. The van der Waals surface area contributed by atoms with Gasteiger partial charge in [-0.15, -0.1) is 11.3 Å². The molecule has 2 aromatic heterocycles. The van der Waals surface area contributed by atoms with Crippen molar-refractivity contribution >= 4 is 27.9 Å². The number of carbonyl (C=O) groups excluding carboxylic acids is 1. The molecule has 0 aliphatic carbocycles. The Hall–Kier alpha value is -2.02. The van der Waals surface area contributed by atoms with E-state index < -0.39 is 5.91 Å². The summed E-state index contributed by atoms with van der Waals surface area (Å²) in [5, 5.41) is 0.968. The van der Waals surface area contributed by atoms with Crippen molar-refractivity contribution in [3.8, 4) is 0 Å². The van der Waals surface area contributed by atoms with Crippen LogP contribution in [0.4, 0.5) is 10.7 Å². The maximum atomic E-state index is 11.2. The number of primary amides is 1. The number of aromatic nitrogens is 2. The highest BCUT2D eigenvalue weighted by molar-refractivity contribution is 7.18. The predicted octanol–water partition coefficient (Wildman–Crippen LogP) is 0.646. The molecule has 4 N–H and O–H groups in total. The molecule has 94 valence electrons. The van der Waals surface area contributed by atoms with E-state index in [9.17, 15) is 4.79 Å². The summed E-state index contributed by atoms with van der Waals surface area (Å²) in [6.07, 6.45) is 3.78. The molecule has 0 fully saturated rings. The molecule has 18 heavy (non-hydrogen) atoms. The standard InChI is InChI=1S/C11H13N5OS/c12-7-5-9(18-10(7)11(13)17)16-4-3-15-2-1-14-8(15)6-16/h1-2,5H,3-4,6,12H2,(H2,13,17). The van der Waals surface area contributed by atoms with Crippen molar-refractivity contribution < 1.29 is 4.79 Å². The Morgan fingerprint density at radius 2 is 2.28 bits per heavy atom. The summed E-state index contributed by atoms with van der Waals surface area (Å²) in [5.41, 5.74) is 11.5. The first kappa shape index (κ1) is 11.1. The van der Waals surface area contributed by atoms with Crippen LogP contribution in [0.3, 0.4) is 0 Å². The molecule has 0 bridgehead atoms. The average Bonchev–Trinajstić information content (AvgIpc) is 2.93. The molecule has 0 radical (unpaired) electrons. The summed E-state index contributed by atoms with van der Waals surface area (Å²) < 4.78 is 2.13. The Morgan fingerprint density at radius 1 is 1.44 bits per heavy atom. The fraction of sp³-hybridized carbons (Fsp3) is 0.273. The second-order valence-electron chi connectivity index (χ2n) is 4.19. The summed E-state index contributed by atoms with van der Waals surface area (Å²) in [4.78, 5) is 18.1. The Labute approximate surface area is 108 Å². The number of rotatable bonds is 2. The summed E-state index contributed by atoms with van der Waals surface area (Å²) in [6, 6.07) is 1.81. The van der Waals surface area contributed by atoms with Crippen LogP contribution in [0, 0.1) is 0 Å². The third-order valence-corrected chi connectivity index (χ3v) is 4.25. The van der Waals surface area contributed by atoms with E-state index in [2.05, 4.69) is 14.5 Å². The molecule has 0 atom stereocenters. The molecule has 2 aromatic rings. The van der Waals surface area contributed by atoms with Gasteiger partial charge in [0.25, 0.3) is 5.91 Å². The minimum Gasteiger partial charge on any atom is -0.397 e. The van der Waals surface area contributed by atoms with Crippen LogP contribution in [0.5, 0.6) is 0 Å². The van der Waals surface area contributed by atoms with E-state index in [4.69, 9.17) is 11.5 Å². The molecule has 1 aliphatic heterocycles. The van der Waals surface area contributed by atoms with Crippen molar-refractivity contribution in [2.75, 3.05) is 17.2 Å². The highest BCUT2D eigenvalue weighted by atomic mass is 32.1. The lowest BCUT2D eigenvalue weighted by Crippen LogP contribution is -2.32. The van der Waals surface area contributed by atoms with Crippen molar-refractivity contribution in [2.45, 2.75) is 13.1 Å². The van der Waals surface area contributed by atoms with E-state index in [0.29, 0.717) is 10.6 Å². The summed E-state index contributed by atoms with van der Waals surface area (Å²) in [5.74, 6) is 0.552. The number of imidazole rings is 1. The lowest BCUT2D eigenvalue weighted by molar-refractivity contribution is 0.100. The zero-order valence-electron chi connectivity index (χ0n) is 9.67. The van der Waals surface area contributed by atoms with Crippen LogP contribution in [-0.4, -0.2) is 22.0 Å². The van der Waals surface area contributed by atoms with E-state index in [-0.39, 0.29) is 0 Å². The van der Waals surface area contributed by atoms with Crippen LogP contribution >= 0.6 is 11.3 Å². The zero-order valence-corrected chi connectivity index (χ0v) is 10.5. The Bertz CT molecular complexity index is 602. The number of nitrogen functional groups attached to an aromatic ring is 1. The molecule has 1 aliphatic rings. The smallest absolute Gasteiger partial charge is 0.260 e. The highest BCUT2D eigenvalue weighted by Crippen LogP contribution is 2.33. The maximum absolute atomic E-state index is 11.2. The summed E-state index contributed by atoms with van der Waals surface area (Å²) in [6.45, 7) is 2.49. The lowest BCUT2D eigenvalue weighted by atomic mass is 10.3. The number of nitrogens with two attached hydrogens (primary N) is 2. The van der Waals surface area contributed by atoms with Crippen LogP contribution in [-0.2, 0) is 13.1 Å². The first-order chi connectivity index (χ1) is 8.65. The van der Waals surface area contributed by atoms with Gasteiger partial charge < -0.3 is 20.9 Å². The first-order valence-corrected chi connectivity index (χ1v) is 6.41.